The molecule has 3 heterocycles. The lowest BCUT2D eigenvalue weighted by Gasteiger charge is -2.44. The van der Waals surface area contributed by atoms with Gasteiger partial charge in [-0.15, -0.1) is 0 Å². The standard InChI is InChI=1S/C80H97F7N8O8/c1-76(2,3)54-93(40-16-8-11-24-71(96)89(5)46-47-91-41-33-66(34-42-91)95(75(100)101)69-23-15-13-21-67(69)58-18-9-7-10-19-58)52-57-25-27-59(28-26-57)73(98)90(6)39-17-38-88(4)72(97)53-102-70-50-60-20-12-14-22-68(60)77(70)35-43-92(44-36-77)45-37-78(62-29-31-65(81)32-30-62)55-94(56-103-78)74(99)61-48-63(79(82,83)84)51-64(49-61)80(85,86)87/h7,9-10,12-15,18-23,25-32,48-49,51,66,70H,8,11,16-17,24,33-47,50,52-56H2,1-6H3,(H,100,101)/t70-,78+/m0/s1. The van der Waals surface area contributed by atoms with Crippen molar-refractivity contribution in [3.8, 4) is 11.1 Å². The number of carbonyl (C=O) groups is 5. The first-order valence-electron chi connectivity index (χ1n) is 35.8. The Hall–Kier alpha value is -8.22. The number of ether oxygens (including phenoxy) is 2. The number of hydrogen-bond donors (Lipinski definition) is 1. The van der Waals surface area contributed by atoms with Crippen LogP contribution in [0.1, 0.15) is 139 Å². The maximum atomic E-state index is 14.3. The summed E-state index contributed by atoms with van der Waals surface area (Å²) in [5.74, 6) is -1.80. The molecule has 2 atom stereocenters. The number of likely N-dealkylation sites (N-methyl/N-ethyl adjacent to an activating group) is 2. The van der Waals surface area contributed by atoms with Crippen molar-refractivity contribution in [2.75, 3.05) is 118 Å². The highest BCUT2D eigenvalue weighted by Gasteiger charge is 2.50. The lowest BCUT2D eigenvalue weighted by molar-refractivity contribution is -0.143. The summed E-state index contributed by atoms with van der Waals surface area (Å²) in [5, 5.41) is 10.4. The quantitative estimate of drug-likeness (QED) is 0.0369. The highest BCUT2D eigenvalue weighted by Crippen LogP contribution is 2.49. The van der Waals surface area contributed by atoms with Crippen molar-refractivity contribution < 1.29 is 69.3 Å². The average Bonchev–Trinajstić information content (AvgIpc) is 1.59. The number of carboxylic acid groups (broad SMARTS) is 1. The molecule has 23 heteroatoms. The molecule has 5 amide bonds. The number of rotatable bonds is 28. The lowest BCUT2D eigenvalue weighted by Crippen LogP contribution is -2.50. The van der Waals surface area contributed by atoms with Crippen molar-refractivity contribution in [3.63, 3.8) is 0 Å². The molecule has 0 bridgehead atoms. The summed E-state index contributed by atoms with van der Waals surface area (Å²) < 4.78 is 110. The van der Waals surface area contributed by atoms with Crippen LogP contribution >= 0.6 is 0 Å². The van der Waals surface area contributed by atoms with Crippen LogP contribution in [0.5, 0.6) is 0 Å². The van der Waals surface area contributed by atoms with Gasteiger partial charge in [-0.25, -0.2) is 9.18 Å². The summed E-state index contributed by atoms with van der Waals surface area (Å²) in [5.41, 5.74) is 1.38. The molecule has 6 aromatic carbocycles. The van der Waals surface area contributed by atoms with Gasteiger partial charge in [-0.2, -0.15) is 26.3 Å². The fraction of sp³-hybridized carbons (Fsp3) is 0.487. The number of piperidine rings is 2. The summed E-state index contributed by atoms with van der Waals surface area (Å²) in [7, 11) is 5.35. The molecule has 0 radical (unpaired) electrons. The molecule has 1 spiro atoms. The van der Waals surface area contributed by atoms with E-state index in [4.69, 9.17) is 9.47 Å². The molecule has 0 saturated carbocycles. The Balaban J connectivity index is 0.637. The van der Waals surface area contributed by atoms with E-state index in [2.05, 4.69) is 47.6 Å². The third-order valence-corrected chi connectivity index (χ3v) is 21.0. The van der Waals surface area contributed by atoms with Crippen molar-refractivity contribution in [1.29, 1.82) is 0 Å². The number of anilines is 1. The molecular weight excluding hydrogens is 1330 g/mol. The van der Waals surface area contributed by atoms with Crippen LogP contribution in [0.25, 0.3) is 11.1 Å². The van der Waals surface area contributed by atoms with Gasteiger partial charge in [0.25, 0.3) is 11.8 Å². The fourth-order valence-corrected chi connectivity index (χ4v) is 15.3. The predicted molar refractivity (Wildman–Crippen MR) is 382 cm³/mol. The number of halogens is 7. The van der Waals surface area contributed by atoms with Gasteiger partial charge in [0, 0.05) is 115 Å². The van der Waals surface area contributed by atoms with Gasteiger partial charge in [0.1, 0.15) is 24.8 Å². The van der Waals surface area contributed by atoms with Crippen LogP contribution in [0.4, 0.5) is 41.2 Å². The van der Waals surface area contributed by atoms with Gasteiger partial charge in [0.2, 0.25) is 11.8 Å². The summed E-state index contributed by atoms with van der Waals surface area (Å²) >= 11 is 0. The zero-order chi connectivity index (χ0) is 73.9. The van der Waals surface area contributed by atoms with E-state index in [9.17, 15) is 59.8 Å². The molecule has 554 valence electrons. The van der Waals surface area contributed by atoms with Crippen LogP contribution in [0.15, 0.2) is 146 Å². The number of hydrogen-bond acceptors (Lipinski definition) is 10. The SMILES string of the molecule is CN(CCN1CCC(N(C(=O)O)c2ccccc2-c2ccccc2)CC1)C(=O)CCCCCN(Cc1ccc(C(=O)N(C)CCCN(C)C(=O)CO[C@H]2Cc3ccccc3C23CCN(CC[C@]2(c4ccc(F)cc4)CN(C(=O)c4cc(C(F)(F)F)cc(C(F)(F)F)c4)CO2)CC3)cc1)CC(C)(C)C. The van der Waals surface area contributed by atoms with Crippen molar-refractivity contribution >= 4 is 35.4 Å². The Morgan fingerprint density at radius 2 is 1.26 bits per heavy atom. The third-order valence-electron chi connectivity index (χ3n) is 21.0. The normalized spacial score (nSPS) is 18.1. The zero-order valence-corrected chi connectivity index (χ0v) is 59.9. The Morgan fingerprint density at radius 3 is 1.92 bits per heavy atom. The van der Waals surface area contributed by atoms with Gasteiger partial charge in [0.15, 0.2) is 0 Å². The first-order chi connectivity index (χ1) is 49.0. The molecule has 0 aromatic heterocycles. The van der Waals surface area contributed by atoms with Gasteiger partial charge >= 0.3 is 18.4 Å². The molecular formula is C80H97F7N8O8. The maximum absolute atomic E-state index is 14.3. The monoisotopic (exact) mass is 1430 g/mol. The predicted octanol–water partition coefficient (Wildman–Crippen LogP) is 14.4. The first-order valence-corrected chi connectivity index (χ1v) is 35.8. The smallest absolute Gasteiger partial charge is 0.416 e. The van der Waals surface area contributed by atoms with Crippen molar-refractivity contribution in [2.45, 2.75) is 133 Å². The fourth-order valence-electron chi connectivity index (χ4n) is 15.3. The molecule has 1 N–H and O–H groups in total. The number of amides is 5. The highest BCUT2D eigenvalue weighted by molar-refractivity contribution is 5.96. The van der Waals surface area contributed by atoms with Crippen LogP contribution in [-0.2, 0) is 55.4 Å². The van der Waals surface area contributed by atoms with Crippen molar-refractivity contribution in [2.24, 2.45) is 5.41 Å². The zero-order valence-electron chi connectivity index (χ0n) is 59.9. The van der Waals surface area contributed by atoms with E-state index in [0.29, 0.717) is 120 Å². The number of carbonyl (C=O) groups excluding carboxylic acids is 4. The molecule has 3 fully saturated rings. The first kappa shape index (κ1) is 77.4. The summed E-state index contributed by atoms with van der Waals surface area (Å²) in [6.07, 6.45) is -4.29. The summed E-state index contributed by atoms with van der Waals surface area (Å²) in [6, 6.07) is 39.6. The number of alkyl halides is 6. The van der Waals surface area contributed by atoms with Gasteiger partial charge in [-0.3, -0.25) is 29.0 Å². The minimum atomic E-state index is -5.15. The number of fused-ring (bicyclic) bond motifs is 2. The second-order valence-electron chi connectivity index (χ2n) is 29.6. The Labute approximate surface area is 600 Å². The van der Waals surface area contributed by atoms with E-state index < -0.39 is 64.6 Å². The average molecular weight is 1430 g/mol. The molecule has 0 unspecified atom stereocenters. The van der Waals surface area contributed by atoms with E-state index in [-0.39, 0.29) is 60.9 Å². The minimum absolute atomic E-state index is 0.0269. The Morgan fingerprint density at radius 1 is 0.641 bits per heavy atom. The third kappa shape index (κ3) is 19.8. The Bertz CT molecular complexity index is 3830. The van der Waals surface area contributed by atoms with Crippen LogP contribution < -0.4 is 4.90 Å². The van der Waals surface area contributed by atoms with E-state index in [1.165, 1.54) is 29.2 Å². The summed E-state index contributed by atoms with van der Waals surface area (Å²) in [4.78, 5) is 82.0. The number of para-hydroxylation sites is 1. The van der Waals surface area contributed by atoms with Gasteiger partial charge in [-0.05, 0) is 159 Å². The van der Waals surface area contributed by atoms with Crippen LogP contribution in [-0.4, -0.2) is 194 Å². The maximum Gasteiger partial charge on any atom is 0.416 e. The molecule has 4 aliphatic rings. The van der Waals surface area contributed by atoms with E-state index in [1.807, 2.05) is 103 Å². The van der Waals surface area contributed by atoms with Crippen LogP contribution in [0, 0.1) is 11.2 Å². The number of nitrogens with zero attached hydrogens (tertiary/aromatic N) is 8. The van der Waals surface area contributed by atoms with Gasteiger partial charge in [0.05, 0.1) is 29.5 Å². The molecule has 3 saturated heterocycles. The molecule has 10 rings (SSSR count). The number of unbranched alkanes of at least 4 members (excludes halogenated alkanes) is 2. The minimum Gasteiger partial charge on any atom is -0.465 e. The summed E-state index contributed by atoms with van der Waals surface area (Å²) in [6.45, 7) is 13.6. The van der Waals surface area contributed by atoms with E-state index >= 15 is 0 Å². The second kappa shape index (κ2) is 33.7. The van der Waals surface area contributed by atoms with Crippen molar-refractivity contribution in [3.05, 3.63) is 196 Å². The number of likely N-dealkylation sites (tertiary alicyclic amines) is 2. The van der Waals surface area contributed by atoms with Gasteiger partial charge in [-0.1, -0.05) is 124 Å². The van der Waals surface area contributed by atoms with Crippen molar-refractivity contribution in [1.82, 2.24) is 34.3 Å². The van der Waals surface area contributed by atoms with Gasteiger partial charge < -0.3 is 44.0 Å². The highest BCUT2D eigenvalue weighted by atomic mass is 19.4. The van der Waals surface area contributed by atoms with E-state index in [0.717, 1.165) is 84.7 Å². The van der Waals surface area contributed by atoms with Crippen LogP contribution in [0.3, 0.4) is 0 Å². The molecule has 6 aromatic rings. The number of benzene rings is 6. The molecule has 16 nitrogen and oxygen atoms in total. The molecule has 3 aliphatic heterocycles. The van der Waals surface area contributed by atoms with E-state index in [1.54, 1.807) is 23.9 Å². The second-order valence-corrected chi connectivity index (χ2v) is 29.6. The van der Waals surface area contributed by atoms with Crippen LogP contribution in [0.2, 0.25) is 0 Å². The topological polar surface area (TPSA) is 150 Å². The Kier molecular flexibility index (Phi) is 25.3. The largest absolute Gasteiger partial charge is 0.465 e. The lowest BCUT2D eigenvalue weighted by atomic mass is 9.72. The molecule has 103 heavy (non-hydrogen) atoms. The molecule has 1 aliphatic carbocycles.